The van der Waals surface area contributed by atoms with Crippen LogP contribution in [0, 0.1) is 5.92 Å². The zero-order chi connectivity index (χ0) is 15.0. The first kappa shape index (κ1) is 15.4. The number of hydrogen-bond acceptors (Lipinski definition) is 3. The standard InChI is InChI=1S/C16H21BrFNO2/c17-11-3-4-14(18)13(10-11)15(20)16(21)6-5-12-2-1-8-19(12)9-7-16/h3-4,12-13,21H,1-2,5-10H2. The summed E-state index contributed by atoms with van der Waals surface area (Å²) in [5.41, 5.74) is -1.37. The van der Waals surface area contributed by atoms with Crippen LogP contribution in [0.2, 0.25) is 0 Å². The molecule has 2 saturated heterocycles. The molecule has 1 aliphatic carbocycles. The average molecular weight is 358 g/mol. The van der Waals surface area contributed by atoms with Crippen molar-refractivity contribution in [2.24, 2.45) is 5.92 Å². The topological polar surface area (TPSA) is 40.5 Å². The summed E-state index contributed by atoms with van der Waals surface area (Å²) in [6.45, 7) is 1.79. The minimum absolute atomic E-state index is 0.316. The monoisotopic (exact) mass is 357 g/mol. The van der Waals surface area contributed by atoms with Crippen LogP contribution in [-0.4, -0.2) is 40.5 Å². The molecule has 0 saturated carbocycles. The van der Waals surface area contributed by atoms with Gasteiger partial charge in [-0.15, -0.1) is 0 Å². The fourth-order valence-electron chi connectivity index (χ4n) is 3.81. The molecular formula is C16H21BrFNO2. The second-order valence-corrected chi connectivity index (χ2v) is 7.46. The minimum atomic E-state index is -1.37. The van der Waals surface area contributed by atoms with Crippen LogP contribution in [0.1, 0.15) is 38.5 Å². The van der Waals surface area contributed by atoms with E-state index in [9.17, 15) is 14.3 Å². The van der Waals surface area contributed by atoms with Gasteiger partial charge in [0, 0.05) is 12.6 Å². The number of allylic oxidation sites excluding steroid dienone is 4. The van der Waals surface area contributed by atoms with Crippen molar-refractivity contribution in [3.63, 3.8) is 0 Å². The molecule has 0 amide bonds. The van der Waals surface area contributed by atoms with Gasteiger partial charge in [-0.3, -0.25) is 4.79 Å². The van der Waals surface area contributed by atoms with E-state index in [2.05, 4.69) is 20.8 Å². The van der Waals surface area contributed by atoms with Gasteiger partial charge in [-0.25, -0.2) is 4.39 Å². The van der Waals surface area contributed by atoms with Gasteiger partial charge in [0.05, 0.1) is 5.92 Å². The molecule has 5 heteroatoms. The average Bonchev–Trinajstić information content (AvgIpc) is 2.86. The Kier molecular flexibility index (Phi) is 4.35. The summed E-state index contributed by atoms with van der Waals surface area (Å²) in [5, 5.41) is 10.8. The predicted molar refractivity (Wildman–Crippen MR) is 82.7 cm³/mol. The number of carbonyl (C=O) groups excluding carboxylic acids is 1. The van der Waals surface area contributed by atoms with Gasteiger partial charge in [0.1, 0.15) is 11.4 Å². The maximum absolute atomic E-state index is 14.0. The van der Waals surface area contributed by atoms with Gasteiger partial charge in [0.2, 0.25) is 0 Å². The van der Waals surface area contributed by atoms with Crippen LogP contribution in [0.25, 0.3) is 0 Å². The van der Waals surface area contributed by atoms with E-state index in [1.165, 1.54) is 12.5 Å². The van der Waals surface area contributed by atoms with E-state index in [0.29, 0.717) is 25.3 Å². The van der Waals surface area contributed by atoms with Gasteiger partial charge < -0.3 is 10.0 Å². The summed E-state index contributed by atoms with van der Waals surface area (Å²) >= 11 is 3.33. The maximum atomic E-state index is 14.0. The largest absolute Gasteiger partial charge is 0.382 e. The van der Waals surface area contributed by atoms with Crippen LogP contribution >= 0.6 is 15.9 Å². The van der Waals surface area contributed by atoms with Crippen molar-refractivity contribution in [3.05, 3.63) is 22.5 Å². The second-order valence-electron chi connectivity index (χ2n) is 6.44. The van der Waals surface area contributed by atoms with E-state index in [1.54, 1.807) is 6.08 Å². The van der Waals surface area contributed by atoms with E-state index in [1.807, 2.05) is 0 Å². The molecule has 2 fully saturated rings. The number of rotatable bonds is 2. The van der Waals surface area contributed by atoms with Gasteiger partial charge in [0.25, 0.3) is 0 Å². The lowest BCUT2D eigenvalue weighted by Gasteiger charge is -2.30. The van der Waals surface area contributed by atoms with Crippen LogP contribution in [0.15, 0.2) is 22.5 Å². The molecule has 3 nitrogen and oxygen atoms in total. The molecule has 0 aromatic heterocycles. The van der Waals surface area contributed by atoms with Gasteiger partial charge in [-0.2, -0.15) is 0 Å². The quantitative estimate of drug-likeness (QED) is 0.825. The van der Waals surface area contributed by atoms with Gasteiger partial charge in [0.15, 0.2) is 5.78 Å². The number of ketones is 1. The molecule has 116 valence electrons. The van der Waals surface area contributed by atoms with Crippen molar-refractivity contribution < 1.29 is 14.3 Å². The van der Waals surface area contributed by atoms with E-state index in [0.717, 1.165) is 30.4 Å². The second kappa shape index (κ2) is 5.94. The molecule has 3 unspecified atom stereocenters. The highest BCUT2D eigenvalue weighted by Gasteiger charge is 2.45. The van der Waals surface area contributed by atoms with E-state index >= 15 is 0 Å². The van der Waals surface area contributed by atoms with E-state index < -0.39 is 17.3 Å². The highest BCUT2D eigenvalue weighted by Crippen LogP contribution is 2.38. The van der Waals surface area contributed by atoms with Gasteiger partial charge in [-0.1, -0.05) is 15.9 Å². The van der Waals surface area contributed by atoms with Crippen molar-refractivity contribution in [1.82, 2.24) is 4.90 Å². The number of hydrogen-bond donors (Lipinski definition) is 1. The molecule has 1 N–H and O–H groups in total. The maximum Gasteiger partial charge on any atom is 0.174 e. The highest BCUT2D eigenvalue weighted by atomic mass is 79.9. The number of Topliss-reactive ketones (excluding diaryl/α,β-unsaturated/α-hetero) is 1. The van der Waals surface area contributed by atoms with Crippen molar-refractivity contribution in [3.8, 4) is 0 Å². The first-order valence-electron chi connectivity index (χ1n) is 7.72. The Bertz CT molecular complexity index is 489. The normalized spacial score (nSPS) is 37.5. The lowest BCUT2D eigenvalue weighted by atomic mass is 9.80. The molecule has 0 aromatic rings. The first-order chi connectivity index (χ1) is 9.99. The molecule has 0 radical (unpaired) electrons. The van der Waals surface area contributed by atoms with Crippen molar-refractivity contribution >= 4 is 21.7 Å². The van der Waals surface area contributed by atoms with E-state index in [4.69, 9.17) is 0 Å². The van der Waals surface area contributed by atoms with Gasteiger partial charge >= 0.3 is 0 Å². The number of halogens is 2. The number of nitrogens with zero attached hydrogens (tertiary/aromatic N) is 1. The smallest absolute Gasteiger partial charge is 0.174 e. The molecule has 0 aromatic carbocycles. The lowest BCUT2D eigenvalue weighted by molar-refractivity contribution is -0.142. The summed E-state index contributed by atoms with van der Waals surface area (Å²) in [6, 6.07) is 0.491. The summed E-state index contributed by atoms with van der Waals surface area (Å²) < 4.78 is 14.8. The summed E-state index contributed by atoms with van der Waals surface area (Å²) in [7, 11) is 0. The summed E-state index contributed by atoms with van der Waals surface area (Å²) in [4.78, 5) is 15.1. The zero-order valence-corrected chi connectivity index (χ0v) is 13.6. The number of aliphatic hydroxyl groups is 1. The fraction of sp³-hybridized carbons (Fsp3) is 0.688. The molecule has 3 atom stereocenters. The number of fused-ring (bicyclic) bond motifs is 1. The Hall–Kier alpha value is -0.520. The molecular weight excluding hydrogens is 337 g/mol. The Morgan fingerprint density at radius 2 is 2.14 bits per heavy atom. The van der Waals surface area contributed by atoms with Crippen LogP contribution < -0.4 is 0 Å². The molecule has 21 heavy (non-hydrogen) atoms. The molecule has 0 spiro atoms. The Balaban J connectivity index is 1.74. The minimum Gasteiger partial charge on any atom is -0.382 e. The summed E-state index contributed by atoms with van der Waals surface area (Å²) in [5.74, 6) is -1.61. The van der Waals surface area contributed by atoms with Crippen molar-refractivity contribution in [2.75, 3.05) is 13.1 Å². The molecule has 2 aliphatic heterocycles. The van der Waals surface area contributed by atoms with Gasteiger partial charge in [-0.05, 0) is 61.7 Å². The zero-order valence-electron chi connectivity index (χ0n) is 12.0. The van der Waals surface area contributed by atoms with Crippen molar-refractivity contribution in [1.29, 1.82) is 0 Å². The molecule has 3 aliphatic rings. The third-order valence-corrected chi connectivity index (χ3v) is 5.72. The van der Waals surface area contributed by atoms with E-state index in [-0.39, 0.29) is 5.78 Å². The molecule has 3 rings (SSSR count). The Morgan fingerprint density at radius 3 is 2.95 bits per heavy atom. The van der Waals surface area contributed by atoms with Crippen LogP contribution in [0.3, 0.4) is 0 Å². The highest BCUT2D eigenvalue weighted by molar-refractivity contribution is 9.11. The van der Waals surface area contributed by atoms with Crippen molar-refractivity contribution in [2.45, 2.75) is 50.2 Å². The SMILES string of the molecule is O=C(C1CC(Br)=CC=C1F)C1(O)CCC2CCCN2CC1. The summed E-state index contributed by atoms with van der Waals surface area (Å²) in [6.07, 6.45) is 7.34. The molecule has 0 bridgehead atoms. The third-order valence-electron chi connectivity index (χ3n) is 5.13. The van der Waals surface area contributed by atoms with Crippen LogP contribution in [-0.2, 0) is 4.79 Å². The lowest BCUT2D eigenvalue weighted by Crippen LogP contribution is -2.44. The van der Waals surface area contributed by atoms with Crippen LogP contribution in [0.4, 0.5) is 4.39 Å². The predicted octanol–water partition coefficient (Wildman–Crippen LogP) is 3.09. The first-order valence-corrected chi connectivity index (χ1v) is 8.51. The molecule has 2 heterocycles. The van der Waals surface area contributed by atoms with Crippen LogP contribution in [0.5, 0.6) is 0 Å². The Morgan fingerprint density at radius 1 is 1.33 bits per heavy atom. The fourth-order valence-corrected chi connectivity index (χ4v) is 4.27. The third kappa shape index (κ3) is 3.01. The Labute approximate surface area is 133 Å². The number of carbonyl (C=O) groups is 1.